The first-order valence-corrected chi connectivity index (χ1v) is 11.3. The minimum atomic E-state index is -1.17. The lowest BCUT2D eigenvalue weighted by Crippen LogP contribution is -2.71. The van der Waals surface area contributed by atoms with Crippen LogP contribution in [-0.2, 0) is 10.2 Å². The fourth-order valence-corrected chi connectivity index (χ4v) is 7.36. The molecule has 4 aliphatic rings. The summed E-state index contributed by atoms with van der Waals surface area (Å²) in [6.07, 6.45) is 1.69. The van der Waals surface area contributed by atoms with Gasteiger partial charge in [0.05, 0.1) is 5.60 Å². The Balaban J connectivity index is 1.70. The van der Waals surface area contributed by atoms with E-state index in [0.717, 1.165) is 29.2 Å². The Labute approximate surface area is 182 Å². The van der Waals surface area contributed by atoms with Crippen molar-refractivity contribution in [2.75, 3.05) is 19.6 Å². The molecule has 8 heteroatoms. The minimum Gasteiger partial charge on any atom is -0.508 e. The van der Waals surface area contributed by atoms with Crippen LogP contribution >= 0.6 is 0 Å². The number of nitrogens with zero attached hydrogens (tertiary/aromatic N) is 3. The van der Waals surface area contributed by atoms with Gasteiger partial charge in [-0.15, -0.1) is 0 Å². The molecule has 4 N–H and O–H groups in total. The highest BCUT2D eigenvalue weighted by Gasteiger charge is 2.75. The number of imide groups is 1. The lowest BCUT2D eigenvalue weighted by molar-refractivity contribution is -0.157. The summed E-state index contributed by atoms with van der Waals surface area (Å²) in [6.45, 7) is 7.88. The maximum atomic E-state index is 13.5. The van der Waals surface area contributed by atoms with Crippen LogP contribution in [0.25, 0.3) is 0 Å². The molecular formula is C23H32N4O4. The molecule has 0 aromatic heterocycles. The molecule has 2 aliphatic heterocycles. The lowest BCUT2D eigenvalue weighted by atomic mass is 9.55. The topological polar surface area (TPSA) is 110 Å². The number of carbonyl (C=O) groups excluding carboxylic acids is 2. The molecular weight excluding hydrogens is 396 g/mol. The van der Waals surface area contributed by atoms with Crippen LogP contribution in [0, 0.1) is 12.8 Å². The third-order valence-corrected chi connectivity index (χ3v) is 8.75. The molecule has 1 spiro atoms. The Morgan fingerprint density at radius 2 is 1.94 bits per heavy atom. The highest BCUT2D eigenvalue weighted by Crippen LogP contribution is 2.66. The van der Waals surface area contributed by atoms with Gasteiger partial charge < -0.3 is 10.2 Å². The average molecular weight is 429 g/mol. The summed E-state index contributed by atoms with van der Waals surface area (Å²) < 4.78 is 0. The third-order valence-electron chi connectivity index (χ3n) is 8.75. The number of benzene rings is 1. The van der Waals surface area contributed by atoms with E-state index in [4.69, 9.17) is 5.84 Å². The molecule has 1 aromatic rings. The van der Waals surface area contributed by atoms with E-state index in [9.17, 15) is 19.8 Å². The largest absolute Gasteiger partial charge is 0.508 e. The summed E-state index contributed by atoms with van der Waals surface area (Å²) in [5.74, 6) is 6.47. The number of hydrazine groups is 1. The van der Waals surface area contributed by atoms with Crippen LogP contribution in [0.3, 0.4) is 0 Å². The monoisotopic (exact) mass is 428 g/mol. The molecule has 1 unspecified atom stereocenters. The zero-order valence-electron chi connectivity index (χ0n) is 18.5. The number of aryl methyl sites for hydroxylation is 1. The number of aliphatic hydroxyl groups is 1. The molecule has 5 rings (SSSR count). The number of amides is 3. The summed E-state index contributed by atoms with van der Waals surface area (Å²) in [4.78, 5) is 29.8. The number of aromatic hydroxyl groups is 1. The Morgan fingerprint density at radius 3 is 2.58 bits per heavy atom. The molecule has 1 aromatic carbocycles. The van der Waals surface area contributed by atoms with Gasteiger partial charge in [-0.1, -0.05) is 13.0 Å². The first-order chi connectivity index (χ1) is 14.6. The van der Waals surface area contributed by atoms with Gasteiger partial charge in [0.2, 0.25) is 0 Å². The minimum absolute atomic E-state index is 0.0114. The fraction of sp³-hybridized carbons (Fsp3) is 0.652. The number of likely N-dealkylation sites (N-methyl/N-ethyl adjacent to an activating group) is 2. The second-order valence-electron chi connectivity index (χ2n) is 9.91. The molecule has 8 nitrogen and oxygen atoms in total. The number of carbonyl (C=O) groups is 2. The molecule has 0 bridgehead atoms. The maximum absolute atomic E-state index is 13.5. The zero-order chi connectivity index (χ0) is 22.3. The molecule has 2 saturated carbocycles. The summed E-state index contributed by atoms with van der Waals surface area (Å²) in [7, 11) is 0. The second kappa shape index (κ2) is 6.43. The van der Waals surface area contributed by atoms with E-state index in [1.165, 1.54) is 4.90 Å². The van der Waals surface area contributed by atoms with Gasteiger partial charge in [0, 0.05) is 24.5 Å². The molecule has 2 saturated heterocycles. The number of likely N-dealkylation sites (tertiary alicyclic amines) is 1. The molecule has 2 aliphatic carbocycles. The Hall–Kier alpha value is -2.16. The summed E-state index contributed by atoms with van der Waals surface area (Å²) in [5.41, 5.74) is -1.17. The molecule has 3 amide bonds. The molecule has 31 heavy (non-hydrogen) atoms. The number of urea groups is 1. The number of hydrogen-bond donors (Lipinski definition) is 3. The van der Waals surface area contributed by atoms with Crippen LogP contribution < -0.4 is 5.84 Å². The highest BCUT2D eigenvalue weighted by atomic mass is 16.3. The molecule has 2 heterocycles. The zero-order valence-corrected chi connectivity index (χ0v) is 18.5. The average Bonchev–Trinajstić information content (AvgIpc) is 3.03. The lowest BCUT2D eigenvalue weighted by Gasteiger charge is -2.57. The Bertz CT molecular complexity index is 969. The van der Waals surface area contributed by atoms with Crippen molar-refractivity contribution in [1.29, 1.82) is 0 Å². The van der Waals surface area contributed by atoms with E-state index in [-0.39, 0.29) is 30.7 Å². The molecule has 0 radical (unpaired) electrons. The maximum Gasteiger partial charge on any atom is 0.341 e. The van der Waals surface area contributed by atoms with E-state index in [1.807, 2.05) is 13.0 Å². The number of nitrogens with two attached hydrogens (primary N) is 1. The van der Waals surface area contributed by atoms with E-state index in [1.54, 1.807) is 19.1 Å². The smallest absolute Gasteiger partial charge is 0.341 e. The van der Waals surface area contributed by atoms with Crippen molar-refractivity contribution in [1.82, 2.24) is 14.8 Å². The van der Waals surface area contributed by atoms with Gasteiger partial charge in [-0.2, -0.15) is 0 Å². The van der Waals surface area contributed by atoms with Gasteiger partial charge in [0.25, 0.3) is 5.91 Å². The number of hydrogen-bond acceptors (Lipinski definition) is 6. The first-order valence-electron chi connectivity index (χ1n) is 11.3. The van der Waals surface area contributed by atoms with Crippen LogP contribution in [0.4, 0.5) is 4.79 Å². The van der Waals surface area contributed by atoms with Crippen molar-refractivity contribution >= 4 is 11.9 Å². The van der Waals surface area contributed by atoms with Crippen LogP contribution in [-0.4, -0.2) is 73.8 Å². The van der Waals surface area contributed by atoms with Crippen molar-refractivity contribution in [2.45, 2.75) is 69.1 Å². The van der Waals surface area contributed by atoms with Gasteiger partial charge in [0.15, 0.2) is 0 Å². The first kappa shape index (κ1) is 20.7. The molecule has 5 atom stereocenters. The van der Waals surface area contributed by atoms with Crippen LogP contribution in [0.15, 0.2) is 18.2 Å². The predicted octanol–water partition coefficient (Wildman–Crippen LogP) is 1.47. The van der Waals surface area contributed by atoms with E-state index in [0.29, 0.717) is 25.2 Å². The van der Waals surface area contributed by atoms with Gasteiger partial charge in [-0.05, 0) is 75.3 Å². The van der Waals surface area contributed by atoms with Crippen LogP contribution in [0.1, 0.15) is 50.7 Å². The van der Waals surface area contributed by atoms with E-state index in [2.05, 4.69) is 11.8 Å². The van der Waals surface area contributed by atoms with Gasteiger partial charge in [0.1, 0.15) is 11.3 Å². The normalized spacial score (nSPS) is 39.8. The van der Waals surface area contributed by atoms with Gasteiger partial charge in [-0.25, -0.2) is 15.6 Å². The number of phenolic OH excluding ortho intramolecular Hbond substituents is 1. The standard InChI is InChI=1S/C23H32N4O4/c1-4-25-12-15-11-21(17-10-16(28)7-6-14(17)3)13-22(8-9-23(21,31)18(15)25)19(29)26(5-2)20(30)27(22)24/h6-7,10,15,18,28,31H,4-5,8-9,11-13,24H2,1-3H3/t15?,18-,21-,22+,23-/m1/s1. The predicted molar refractivity (Wildman–Crippen MR) is 114 cm³/mol. The van der Waals surface area contributed by atoms with Crippen molar-refractivity contribution < 1.29 is 19.8 Å². The Kier molecular flexibility index (Phi) is 4.30. The van der Waals surface area contributed by atoms with Crippen LogP contribution in [0.5, 0.6) is 5.75 Å². The van der Waals surface area contributed by atoms with Gasteiger partial charge >= 0.3 is 6.03 Å². The highest BCUT2D eigenvalue weighted by molar-refractivity contribution is 6.07. The number of phenols is 1. The Morgan fingerprint density at radius 1 is 1.19 bits per heavy atom. The van der Waals surface area contributed by atoms with E-state index < -0.39 is 22.6 Å². The summed E-state index contributed by atoms with van der Waals surface area (Å²) >= 11 is 0. The van der Waals surface area contributed by atoms with Crippen molar-refractivity contribution in [3.05, 3.63) is 29.3 Å². The van der Waals surface area contributed by atoms with Gasteiger partial charge in [-0.3, -0.25) is 14.6 Å². The number of rotatable bonds is 3. The summed E-state index contributed by atoms with van der Waals surface area (Å²) in [6, 6.07) is 4.78. The molecule has 168 valence electrons. The summed E-state index contributed by atoms with van der Waals surface area (Å²) in [5, 5.41) is 23.8. The quantitative estimate of drug-likeness (QED) is 0.382. The third kappa shape index (κ3) is 2.30. The van der Waals surface area contributed by atoms with Crippen molar-refractivity contribution in [3.8, 4) is 5.75 Å². The number of fused-ring (bicyclic) bond motifs is 3. The van der Waals surface area contributed by atoms with Crippen LogP contribution in [0.2, 0.25) is 0 Å². The fourth-order valence-electron chi connectivity index (χ4n) is 7.36. The SMILES string of the molecule is CCN1C(=O)N(N)[C@]2(CC[C@@]3(O)[C@H]4C(CN4CC)C[C@]3(c3cc(O)ccc3C)C2)C1=O. The molecule has 4 fully saturated rings. The van der Waals surface area contributed by atoms with Crippen molar-refractivity contribution in [3.63, 3.8) is 0 Å². The van der Waals surface area contributed by atoms with Crippen molar-refractivity contribution in [2.24, 2.45) is 11.8 Å². The second-order valence-corrected chi connectivity index (χ2v) is 9.91. The van der Waals surface area contributed by atoms with E-state index >= 15 is 0 Å².